The number of aromatic nitrogens is 2. The first-order valence-electron chi connectivity index (χ1n) is 11.9. The molecule has 7 nitrogen and oxygen atoms in total. The molecule has 2 aromatic heterocycles. The lowest BCUT2D eigenvalue weighted by Crippen LogP contribution is -2.53. The van der Waals surface area contributed by atoms with Gasteiger partial charge < -0.3 is 14.4 Å². The summed E-state index contributed by atoms with van der Waals surface area (Å²) in [7, 11) is 0. The predicted molar refractivity (Wildman–Crippen MR) is 121 cm³/mol. The highest BCUT2D eigenvalue weighted by atomic mass is 19.3. The number of pyridine rings is 1. The topological polar surface area (TPSA) is 88.7 Å². The van der Waals surface area contributed by atoms with Gasteiger partial charge in [-0.05, 0) is 42.2 Å². The van der Waals surface area contributed by atoms with Gasteiger partial charge in [0.05, 0.1) is 16.7 Å². The van der Waals surface area contributed by atoms with Gasteiger partial charge in [0, 0.05) is 31.9 Å². The fourth-order valence-corrected chi connectivity index (χ4v) is 5.10. The highest BCUT2D eigenvalue weighted by Crippen LogP contribution is 2.50. The number of ether oxygens (including phenoxy) is 1. The van der Waals surface area contributed by atoms with Crippen molar-refractivity contribution in [2.24, 2.45) is 22.7 Å². The van der Waals surface area contributed by atoms with Gasteiger partial charge in [0.1, 0.15) is 0 Å². The number of alkyl halides is 2. The monoisotopic (exact) mass is 477 g/mol. The van der Waals surface area contributed by atoms with Crippen LogP contribution in [0.1, 0.15) is 58.6 Å². The molecule has 0 unspecified atom stereocenters. The Labute approximate surface area is 198 Å². The molecule has 1 aliphatic heterocycles. The molecular weight excluding hydrogens is 444 g/mol. The van der Waals surface area contributed by atoms with E-state index in [1.54, 1.807) is 18.2 Å². The van der Waals surface area contributed by atoms with Crippen LogP contribution in [-0.2, 0) is 11.3 Å². The molecule has 0 spiro atoms. The quantitative estimate of drug-likeness (QED) is 0.486. The Hall–Kier alpha value is -2.55. The number of hydrogen-bond acceptors (Lipinski definition) is 6. The van der Waals surface area contributed by atoms with Gasteiger partial charge in [-0.3, -0.25) is 9.69 Å². The Balaban J connectivity index is 1.57. The fraction of sp³-hybridized carbons (Fsp3) is 0.640. The van der Waals surface area contributed by atoms with Crippen molar-refractivity contribution in [2.45, 2.75) is 66.0 Å². The molecule has 186 valence electrons. The highest BCUT2D eigenvalue weighted by molar-refractivity contribution is 5.75. The maximum absolute atomic E-state index is 12.8. The van der Waals surface area contributed by atoms with Crippen molar-refractivity contribution in [3.05, 3.63) is 30.1 Å². The fourth-order valence-electron chi connectivity index (χ4n) is 5.10. The minimum absolute atomic E-state index is 0.00905. The first kappa shape index (κ1) is 24.6. The van der Waals surface area contributed by atoms with E-state index in [4.69, 9.17) is 4.52 Å². The Kier molecular flexibility index (Phi) is 6.94. The van der Waals surface area contributed by atoms with Crippen molar-refractivity contribution in [1.29, 1.82) is 0 Å². The largest absolute Gasteiger partial charge is 0.481 e. The number of nitrogens with zero attached hydrogens (tertiary/aromatic N) is 3. The van der Waals surface area contributed by atoms with E-state index in [9.17, 15) is 18.7 Å². The van der Waals surface area contributed by atoms with E-state index in [1.165, 1.54) is 6.20 Å². The molecule has 3 heterocycles. The normalized spacial score (nSPS) is 23.9. The molecule has 0 radical (unpaired) electrons. The molecule has 1 aliphatic carbocycles. The van der Waals surface area contributed by atoms with Gasteiger partial charge in [-0.25, -0.2) is 4.98 Å². The summed E-state index contributed by atoms with van der Waals surface area (Å²) in [5.41, 5.74) is 0.140. The van der Waals surface area contributed by atoms with E-state index in [-0.39, 0.29) is 23.0 Å². The predicted octanol–water partition coefficient (Wildman–Crippen LogP) is 5.47. The van der Waals surface area contributed by atoms with Gasteiger partial charge in [-0.1, -0.05) is 45.2 Å². The van der Waals surface area contributed by atoms with Gasteiger partial charge in [-0.2, -0.15) is 8.78 Å². The Morgan fingerprint density at radius 3 is 2.82 bits per heavy atom. The van der Waals surface area contributed by atoms with Crippen LogP contribution in [0.4, 0.5) is 8.78 Å². The van der Waals surface area contributed by atoms with Gasteiger partial charge >= 0.3 is 12.6 Å². The van der Waals surface area contributed by atoms with Crippen LogP contribution in [0, 0.1) is 22.7 Å². The molecule has 1 saturated heterocycles. The van der Waals surface area contributed by atoms with Crippen molar-refractivity contribution in [3.63, 3.8) is 0 Å². The molecule has 2 fully saturated rings. The first-order valence-corrected chi connectivity index (χ1v) is 11.9. The van der Waals surface area contributed by atoms with Crippen LogP contribution >= 0.6 is 0 Å². The van der Waals surface area contributed by atoms with Crippen molar-refractivity contribution in [3.8, 4) is 17.2 Å². The number of halogens is 2. The van der Waals surface area contributed by atoms with Crippen LogP contribution < -0.4 is 4.74 Å². The third-order valence-corrected chi connectivity index (χ3v) is 7.67. The molecule has 9 heteroatoms. The molecule has 0 bridgehead atoms. The number of rotatable bonds is 10. The van der Waals surface area contributed by atoms with E-state index in [2.05, 4.69) is 40.5 Å². The van der Waals surface area contributed by atoms with E-state index >= 15 is 0 Å². The summed E-state index contributed by atoms with van der Waals surface area (Å²) >= 11 is 0. The van der Waals surface area contributed by atoms with E-state index in [0.29, 0.717) is 43.1 Å². The van der Waals surface area contributed by atoms with Gasteiger partial charge in [0.2, 0.25) is 5.88 Å². The molecule has 0 aromatic carbocycles. The van der Waals surface area contributed by atoms with Gasteiger partial charge in [0.25, 0.3) is 0 Å². The number of carboxylic acid groups (broad SMARTS) is 1. The molecule has 0 amide bonds. The summed E-state index contributed by atoms with van der Waals surface area (Å²) in [6.07, 6.45) is 5.95. The lowest BCUT2D eigenvalue weighted by Gasteiger charge is -2.49. The third kappa shape index (κ3) is 5.40. The lowest BCUT2D eigenvalue weighted by atomic mass is 9.64. The second-order valence-electron chi connectivity index (χ2n) is 10.6. The van der Waals surface area contributed by atoms with Crippen LogP contribution in [0.25, 0.3) is 11.3 Å². The molecule has 2 aromatic rings. The molecule has 4 rings (SSSR count). The minimum Gasteiger partial charge on any atom is -0.481 e. The van der Waals surface area contributed by atoms with E-state index in [0.717, 1.165) is 25.8 Å². The van der Waals surface area contributed by atoms with Crippen molar-refractivity contribution < 1.29 is 27.9 Å². The average Bonchev–Trinajstić information content (AvgIpc) is 3.48. The van der Waals surface area contributed by atoms with Crippen molar-refractivity contribution in [1.82, 2.24) is 15.0 Å². The zero-order chi connectivity index (χ0) is 24.5. The summed E-state index contributed by atoms with van der Waals surface area (Å²) in [5, 5.41) is 14.5. The van der Waals surface area contributed by atoms with E-state index in [1.807, 2.05) is 0 Å². The summed E-state index contributed by atoms with van der Waals surface area (Å²) in [4.78, 5) is 18.6. The summed E-state index contributed by atoms with van der Waals surface area (Å²) in [6.45, 7) is 5.24. The second kappa shape index (κ2) is 9.60. The molecule has 2 aliphatic rings. The van der Waals surface area contributed by atoms with Crippen LogP contribution in [0.2, 0.25) is 0 Å². The number of carbonyl (C=O) groups is 1. The number of aliphatic carboxylic acids is 1. The highest BCUT2D eigenvalue weighted by Gasteiger charge is 2.51. The minimum atomic E-state index is -3.00. The third-order valence-electron chi connectivity index (χ3n) is 7.67. The average molecular weight is 478 g/mol. The van der Waals surface area contributed by atoms with Crippen LogP contribution in [-0.4, -0.2) is 45.8 Å². The molecule has 1 saturated carbocycles. The maximum atomic E-state index is 12.8. The Morgan fingerprint density at radius 1 is 1.41 bits per heavy atom. The molecule has 2 atom stereocenters. The standard InChI is InChI=1S/C25H33F2N3O4/c1-4-24(2,3)17-12-25(22(31)32,11-16-7-8-16)15-30(13-17)14-18-10-20(34-29-18)19-6-5-9-28-21(19)33-23(26)27/h5-6,9-10,16-17,23H,4,7-8,11-15H2,1-3H3,(H,31,32)/t17-,25-/m1/s1. The van der Waals surface area contributed by atoms with Crippen LogP contribution in [0.15, 0.2) is 28.9 Å². The SMILES string of the molecule is CCC(C)(C)[C@H]1CN(Cc2cc(-c3cccnc3OC(F)F)on2)C[C@](CC2CC2)(C(=O)O)C1. The van der Waals surface area contributed by atoms with Crippen LogP contribution in [0.3, 0.4) is 0 Å². The second-order valence-corrected chi connectivity index (χ2v) is 10.6. The van der Waals surface area contributed by atoms with Gasteiger partial charge in [-0.15, -0.1) is 0 Å². The van der Waals surface area contributed by atoms with Gasteiger partial charge in [0.15, 0.2) is 5.76 Å². The maximum Gasteiger partial charge on any atom is 0.388 e. The van der Waals surface area contributed by atoms with Crippen molar-refractivity contribution in [2.75, 3.05) is 13.1 Å². The van der Waals surface area contributed by atoms with Crippen molar-refractivity contribution >= 4 is 5.97 Å². The molecule has 34 heavy (non-hydrogen) atoms. The summed E-state index contributed by atoms with van der Waals surface area (Å²) < 4.78 is 35.5. The summed E-state index contributed by atoms with van der Waals surface area (Å²) in [6, 6.07) is 4.88. The zero-order valence-corrected chi connectivity index (χ0v) is 20.0. The Bertz CT molecular complexity index is 1010. The Morgan fingerprint density at radius 2 is 2.18 bits per heavy atom. The van der Waals surface area contributed by atoms with E-state index < -0.39 is 18.0 Å². The van der Waals surface area contributed by atoms with Crippen LogP contribution in [0.5, 0.6) is 5.88 Å². The lowest BCUT2D eigenvalue weighted by molar-refractivity contribution is -0.157. The smallest absolute Gasteiger partial charge is 0.388 e. The number of carboxylic acids is 1. The number of piperidine rings is 1. The molecule has 1 N–H and O–H groups in total. The number of hydrogen-bond donors (Lipinski definition) is 1. The zero-order valence-electron chi connectivity index (χ0n) is 20.0. The number of likely N-dealkylation sites (tertiary alicyclic amines) is 1. The molecular formula is C25H33F2N3O4. The first-order chi connectivity index (χ1) is 16.1. The summed E-state index contributed by atoms with van der Waals surface area (Å²) in [5.74, 6) is 0.0719.